The Labute approximate surface area is 407 Å². The van der Waals surface area contributed by atoms with Gasteiger partial charge in [0.25, 0.3) is 59.1 Å². The van der Waals surface area contributed by atoms with E-state index >= 15 is 0 Å². The van der Waals surface area contributed by atoms with Crippen LogP contribution < -0.4 is 0 Å². The fourth-order valence-corrected chi connectivity index (χ4v) is 8.15. The zero-order valence-electron chi connectivity index (χ0n) is 39.0. The Kier molecular flexibility index (Phi) is 20.5. The Morgan fingerprint density at radius 2 is 0.493 bits per heavy atom. The fraction of sp³-hybridized carbons (Fsp3) is 0.490. The number of nitrogens with zero attached hydrogens (tertiary/aromatic N) is 5. The second kappa shape index (κ2) is 26.6. The zero-order chi connectivity index (χ0) is 51.6. The Hall–Kier alpha value is -7.33. The second-order valence-corrected chi connectivity index (χ2v) is 17.6. The quantitative estimate of drug-likeness (QED) is 0.0756. The maximum absolute atomic E-state index is 13.4. The predicted molar refractivity (Wildman–Crippen MR) is 242 cm³/mol. The van der Waals surface area contributed by atoms with Gasteiger partial charge in [0.2, 0.25) is 0 Å². The molecule has 22 nitrogen and oxygen atoms in total. The smallest absolute Gasteiger partial charge is 0.253 e. The van der Waals surface area contributed by atoms with Gasteiger partial charge in [0.15, 0.2) is 0 Å². The molecule has 5 aliphatic rings. The lowest BCUT2D eigenvalue weighted by Crippen LogP contribution is -2.33. The van der Waals surface area contributed by atoms with E-state index in [1.54, 1.807) is 0 Å². The van der Waals surface area contributed by atoms with E-state index in [1.807, 2.05) is 0 Å². The fourth-order valence-electron chi connectivity index (χ4n) is 8.15. The summed E-state index contributed by atoms with van der Waals surface area (Å²) in [7, 11) is 0. The van der Waals surface area contributed by atoms with Gasteiger partial charge >= 0.3 is 0 Å². The number of carbonyl (C=O) groups excluding carboxylic acids is 15. The molecule has 2 unspecified atom stereocenters. The molecule has 0 N–H and O–H groups in total. The van der Waals surface area contributed by atoms with Gasteiger partial charge in [0.05, 0.1) is 13.2 Å². The summed E-state index contributed by atoms with van der Waals surface area (Å²) >= 11 is 0. The number of imide groups is 5. The number of carbonyl (C=O) groups is 15. The highest BCUT2D eigenvalue weighted by atomic mass is 16.5. The summed E-state index contributed by atoms with van der Waals surface area (Å²) in [5, 5.41) is 0. The van der Waals surface area contributed by atoms with Crippen LogP contribution in [0, 0.1) is 17.8 Å². The zero-order valence-corrected chi connectivity index (χ0v) is 39.0. The number of hydrogen-bond donors (Lipinski definition) is 0. The van der Waals surface area contributed by atoms with Gasteiger partial charge in [-0.05, 0) is 24.7 Å². The summed E-state index contributed by atoms with van der Waals surface area (Å²) in [6.07, 6.45) is 9.90. The Balaban J connectivity index is 1.22. The van der Waals surface area contributed by atoms with Crippen molar-refractivity contribution in [1.29, 1.82) is 0 Å². The molecule has 0 aromatic carbocycles. The van der Waals surface area contributed by atoms with Gasteiger partial charge in [-0.3, -0.25) is 96.4 Å². The van der Waals surface area contributed by atoms with E-state index in [0.717, 1.165) is 85.3 Å². The molecule has 22 heteroatoms. The average molecular weight is 986 g/mol. The van der Waals surface area contributed by atoms with Crippen LogP contribution >= 0.6 is 0 Å². The van der Waals surface area contributed by atoms with Crippen molar-refractivity contribution in [1.82, 2.24) is 24.5 Å². The average Bonchev–Trinajstić information content (AvgIpc) is 4.12. The summed E-state index contributed by atoms with van der Waals surface area (Å²) in [6.45, 7) is -1.27. The van der Waals surface area contributed by atoms with E-state index in [-0.39, 0.29) is 165 Å². The first-order valence-corrected chi connectivity index (χ1v) is 23.3. The van der Waals surface area contributed by atoms with Gasteiger partial charge in [0.1, 0.15) is 28.9 Å². The molecule has 378 valence electrons. The predicted octanol–water partition coefficient (Wildman–Crippen LogP) is 0.0199. The van der Waals surface area contributed by atoms with Crippen LogP contribution in [0.15, 0.2) is 60.8 Å². The largest absolute Gasteiger partial charge is 0.381 e. The molecule has 0 saturated heterocycles. The van der Waals surface area contributed by atoms with Gasteiger partial charge in [0, 0.05) is 177 Å². The van der Waals surface area contributed by atoms with E-state index in [9.17, 15) is 71.9 Å². The van der Waals surface area contributed by atoms with Crippen molar-refractivity contribution in [2.45, 2.75) is 77.0 Å². The van der Waals surface area contributed by atoms with Gasteiger partial charge < -0.3 is 9.47 Å². The van der Waals surface area contributed by atoms with Crippen LogP contribution in [0.4, 0.5) is 0 Å². The molecular weight excluding hydrogens is 931 g/mol. The minimum atomic E-state index is -0.686. The number of rotatable bonds is 35. The molecule has 0 aromatic rings. The van der Waals surface area contributed by atoms with Crippen LogP contribution in [0.3, 0.4) is 0 Å². The van der Waals surface area contributed by atoms with Gasteiger partial charge in [-0.15, -0.1) is 0 Å². The molecule has 5 rings (SSSR count). The molecule has 0 aromatic heterocycles. The number of hydrogen-bond acceptors (Lipinski definition) is 17. The lowest BCUT2D eigenvalue weighted by Gasteiger charge is -2.23. The van der Waals surface area contributed by atoms with E-state index in [1.165, 1.54) is 0 Å². The van der Waals surface area contributed by atoms with Crippen molar-refractivity contribution < 1.29 is 81.4 Å². The summed E-state index contributed by atoms with van der Waals surface area (Å²) in [4.78, 5) is 191. The first kappa shape index (κ1) is 54.6. The first-order chi connectivity index (χ1) is 33.9. The van der Waals surface area contributed by atoms with E-state index in [4.69, 9.17) is 9.47 Å². The molecule has 2 atom stereocenters. The monoisotopic (exact) mass is 985 g/mol. The van der Waals surface area contributed by atoms with Crippen LogP contribution in [0.1, 0.15) is 77.0 Å². The normalized spacial score (nSPS) is 17.7. The first-order valence-electron chi connectivity index (χ1n) is 23.3. The standard InChI is InChI=1S/C49H55N5O17/c55-35(15-20-50-40(60)5-6-41(50)61)3-1-32(25-37(57)17-22-52-44(64)9-10-45(52)65)28-70-30-34(27-39(59)19-24-54-48(68)13-14-49(54)69)31-71-29-33(26-38(58)18-23-53-46(66)11-12-47(53)67)2-4-36(56)16-21-51-42(62)7-8-43(51)63/h5-14,32-34H,1-4,15-31H2. The number of ketones is 5. The molecule has 0 aliphatic carbocycles. The molecule has 0 spiro atoms. The molecule has 5 aliphatic heterocycles. The van der Waals surface area contributed by atoms with Crippen molar-refractivity contribution in [2.75, 3.05) is 59.2 Å². The van der Waals surface area contributed by atoms with Crippen LogP contribution in [-0.2, 0) is 81.4 Å². The molecule has 0 saturated carbocycles. The Morgan fingerprint density at radius 3 is 0.732 bits per heavy atom. The van der Waals surface area contributed by atoms with Gasteiger partial charge in [-0.2, -0.15) is 0 Å². The minimum absolute atomic E-state index is 0.0539. The number of ether oxygens (including phenoxy) is 2. The van der Waals surface area contributed by atoms with Crippen molar-refractivity contribution in [3.63, 3.8) is 0 Å². The Morgan fingerprint density at radius 1 is 0.296 bits per heavy atom. The van der Waals surface area contributed by atoms with Crippen LogP contribution in [0.5, 0.6) is 0 Å². The van der Waals surface area contributed by atoms with Crippen molar-refractivity contribution in [3.05, 3.63) is 60.8 Å². The van der Waals surface area contributed by atoms with Crippen LogP contribution in [-0.4, -0.2) is 172 Å². The third kappa shape index (κ3) is 16.9. The lowest BCUT2D eigenvalue weighted by atomic mass is 9.94. The third-order valence-electron chi connectivity index (χ3n) is 12.2. The van der Waals surface area contributed by atoms with Crippen molar-refractivity contribution in [3.8, 4) is 0 Å². The van der Waals surface area contributed by atoms with Crippen LogP contribution in [0.2, 0.25) is 0 Å². The lowest BCUT2D eigenvalue weighted by molar-refractivity contribution is -0.139. The molecule has 0 radical (unpaired) electrons. The van der Waals surface area contributed by atoms with E-state index < -0.39 is 76.8 Å². The SMILES string of the molecule is O=C(CCC(COCC(COCC(CCC(=O)CCN1C(=O)C=CC1=O)CC(=O)CCN1C(=O)C=CC1=O)CC(=O)CCN1C(=O)C=CC1=O)CC(=O)CCN1C(=O)C=CC1=O)CCN1C(=O)C=CC1=O. The van der Waals surface area contributed by atoms with Crippen LogP contribution in [0.25, 0.3) is 0 Å². The third-order valence-corrected chi connectivity index (χ3v) is 12.2. The summed E-state index contributed by atoms with van der Waals surface area (Å²) in [6, 6.07) is 0. The summed E-state index contributed by atoms with van der Waals surface area (Å²) in [5.41, 5.74) is 0. The highest BCUT2D eigenvalue weighted by molar-refractivity contribution is 6.15. The number of Topliss-reactive ketones (excluding diaryl/α,β-unsaturated/α-hetero) is 5. The second-order valence-electron chi connectivity index (χ2n) is 17.6. The molecule has 71 heavy (non-hydrogen) atoms. The van der Waals surface area contributed by atoms with Crippen molar-refractivity contribution in [2.24, 2.45) is 17.8 Å². The summed E-state index contributed by atoms with van der Waals surface area (Å²) < 4.78 is 12.2. The van der Waals surface area contributed by atoms with Crippen molar-refractivity contribution >= 4 is 88.0 Å². The van der Waals surface area contributed by atoms with E-state index in [0.29, 0.717) is 0 Å². The molecule has 10 amide bonds. The summed E-state index contributed by atoms with van der Waals surface area (Å²) in [5.74, 6) is -9.02. The molecule has 5 heterocycles. The minimum Gasteiger partial charge on any atom is -0.381 e. The molecule has 0 bridgehead atoms. The maximum Gasteiger partial charge on any atom is 0.253 e. The molecule has 0 fully saturated rings. The topological polar surface area (TPSA) is 291 Å². The van der Waals surface area contributed by atoms with E-state index in [2.05, 4.69) is 0 Å². The maximum atomic E-state index is 13.4. The number of amides is 10. The molecular formula is C49H55N5O17. The van der Waals surface area contributed by atoms with Gasteiger partial charge in [-0.25, -0.2) is 0 Å². The highest BCUT2D eigenvalue weighted by Crippen LogP contribution is 2.21. The van der Waals surface area contributed by atoms with Gasteiger partial charge in [-0.1, -0.05) is 0 Å². The highest BCUT2D eigenvalue weighted by Gasteiger charge is 2.30. The Bertz CT molecular complexity index is 2160.